The van der Waals surface area contributed by atoms with Crippen LogP contribution in [-0.2, 0) is 9.47 Å². The van der Waals surface area contributed by atoms with E-state index >= 15 is 0 Å². The summed E-state index contributed by atoms with van der Waals surface area (Å²) in [6.45, 7) is 8.50. The minimum absolute atomic E-state index is 0.241. The molecule has 90 valence electrons. The molecule has 2 nitrogen and oxygen atoms in total. The molecule has 2 heteroatoms. The summed E-state index contributed by atoms with van der Waals surface area (Å²) in [5.74, 6) is -0.314. The predicted octanol–water partition coefficient (Wildman–Crippen LogP) is 3.89. The third kappa shape index (κ3) is 4.12. The van der Waals surface area contributed by atoms with E-state index in [4.69, 9.17) is 9.47 Å². The molecule has 1 heterocycles. The quantitative estimate of drug-likeness (QED) is 0.625. The summed E-state index contributed by atoms with van der Waals surface area (Å²) in [5, 5.41) is 0. The molecule has 3 atom stereocenters. The minimum Gasteiger partial charge on any atom is -0.345 e. The molecule has 1 unspecified atom stereocenters. The normalized spacial score (nSPS) is 36.0. The molecule has 1 aliphatic heterocycles. The fraction of sp³-hybridized carbons (Fsp3) is 1.00. The van der Waals surface area contributed by atoms with Gasteiger partial charge in [0.2, 0.25) is 0 Å². The zero-order valence-electron chi connectivity index (χ0n) is 10.7. The molecule has 0 bridgehead atoms. The molecular formula is C13H26O2. The summed E-state index contributed by atoms with van der Waals surface area (Å²) >= 11 is 0. The van der Waals surface area contributed by atoms with E-state index in [1.54, 1.807) is 0 Å². The van der Waals surface area contributed by atoms with Gasteiger partial charge in [0, 0.05) is 6.42 Å². The van der Waals surface area contributed by atoms with Crippen molar-refractivity contribution >= 4 is 0 Å². The molecule has 1 aliphatic rings. The fourth-order valence-corrected chi connectivity index (χ4v) is 2.17. The SMILES string of the molecule is CCCCCCCC1(C)O[C@@H](C)[C@@H](C)O1. The first-order valence-electron chi connectivity index (χ1n) is 6.43. The Labute approximate surface area is 94.3 Å². The van der Waals surface area contributed by atoms with Crippen LogP contribution < -0.4 is 0 Å². The van der Waals surface area contributed by atoms with Crippen molar-refractivity contribution in [3.8, 4) is 0 Å². The van der Waals surface area contributed by atoms with Gasteiger partial charge in [-0.05, 0) is 27.2 Å². The second kappa shape index (κ2) is 5.86. The van der Waals surface area contributed by atoms with Gasteiger partial charge in [-0.25, -0.2) is 0 Å². The van der Waals surface area contributed by atoms with Crippen LogP contribution in [0.1, 0.15) is 66.2 Å². The van der Waals surface area contributed by atoms with E-state index < -0.39 is 0 Å². The molecule has 0 amide bonds. The second-order valence-electron chi connectivity index (χ2n) is 4.94. The monoisotopic (exact) mass is 214 g/mol. The average molecular weight is 214 g/mol. The van der Waals surface area contributed by atoms with Crippen LogP contribution in [0.5, 0.6) is 0 Å². The first kappa shape index (κ1) is 13.0. The van der Waals surface area contributed by atoms with Gasteiger partial charge < -0.3 is 9.47 Å². The molecule has 1 fully saturated rings. The van der Waals surface area contributed by atoms with Crippen molar-refractivity contribution in [3.05, 3.63) is 0 Å². The lowest BCUT2D eigenvalue weighted by Crippen LogP contribution is -2.26. The Kier molecular flexibility index (Phi) is 5.07. The molecule has 0 saturated carbocycles. The van der Waals surface area contributed by atoms with E-state index in [1.165, 1.54) is 32.1 Å². The predicted molar refractivity (Wildman–Crippen MR) is 62.9 cm³/mol. The standard InChI is InChI=1S/C13H26O2/c1-5-6-7-8-9-10-13(4)14-11(2)12(3)15-13/h11-12H,5-10H2,1-4H3/t11-,12+,13?. The van der Waals surface area contributed by atoms with Crippen LogP contribution in [0.4, 0.5) is 0 Å². The Morgan fingerprint density at radius 2 is 1.47 bits per heavy atom. The van der Waals surface area contributed by atoms with Crippen LogP contribution in [0.2, 0.25) is 0 Å². The van der Waals surface area contributed by atoms with Gasteiger partial charge >= 0.3 is 0 Å². The summed E-state index contributed by atoms with van der Waals surface area (Å²) in [7, 11) is 0. The zero-order chi connectivity index (χ0) is 11.3. The van der Waals surface area contributed by atoms with E-state index in [1.807, 2.05) is 0 Å². The highest BCUT2D eigenvalue weighted by atomic mass is 16.7. The van der Waals surface area contributed by atoms with Gasteiger partial charge in [-0.2, -0.15) is 0 Å². The highest BCUT2D eigenvalue weighted by Crippen LogP contribution is 2.32. The lowest BCUT2D eigenvalue weighted by molar-refractivity contribution is -0.164. The highest BCUT2D eigenvalue weighted by molar-refractivity contribution is 4.78. The third-order valence-corrected chi connectivity index (χ3v) is 3.27. The summed E-state index contributed by atoms with van der Waals surface area (Å²) in [5.41, 5.74) is 0. The van der Waals surface area contributed by atoms with Crippen LogP contribution in [0, 0.1) is 0 Å². The Balaban J connectivity index is 2.15. The van der Waals surface area contributed by atoms with Crippen LogP contribution in [-0.4, -0.2) is 18.0 Å². The smallest absolute Gasteiger partial charge is 0.166 e. The third-order valence-electron chi connectivity index (χ3n) is 3.27. The van der Waals surface area contributed by atoms with Gasteiger partial charge in [0.15, 0.2) is 5.79 Å². The van der Waals surface area contributed by atoms with Crippen molar-refractivity contribution in [1.82, 2.24) is 0 Å². The minimum atomic E-state index is -0.314. The lowest BCUT2D eigenvalue weighted by Gasteiger charge is -2.23. The van der Waals surface area contributed by atoms with E-state index in [9.17, 15) is 0 Å². The Hall–Kier alpha value is -0.0800. The van der Waals surface area contributed by atoms with Gasteiger partial charge in [0.05, 0.1) is 12.2 Å². The molecule has 0 spiro atoms. The molecule has 0 aromatic rings. The van der Waals surface area contributed by atoms with Gasteiger partial charge in [-0.3, -0.25) is 0 Å². The summed E-state index contributed by atoms with van der Waals surface area (Å²) in [6, 6.07) is 0. The molecule has 1 saturated heterocycles. The van der Waals surface area contributed by atoms with E-state index in [0.29, 0.717) is 0 Å². The summed E-state index contributed by atoms with van der Waals surface area (Å²) in [6.07, 6.45) is 8.04. The van der Waals surface area contributed by atoms with E-state index in [2.05, 4.69) is 27.7 Å². The fourth-order valence-electron chi connectivity index (χ4n) is 2.17. The molecule has 0 aromatic heterocycles. The maximum absolute atomic E-state index is 5.85. The average Bonchev–Trinajstić information content (AvgIpc) is 2.41. The van der Waals surface area contributed by atoms with Crippen molar-refractivity contribution in [3.63, 3.8) is 0 Å². The largest absolute Gasteiger partial charge is 0.345 e. The van der Waals surface area contributed by atoms with E-state index in [0.717, 1.165) is 6.42 Å². The Morgan fingerprint density at radius 3 is 2.00 bits per heavy atom. The summed E-state index contributed by atoms with van der Waals surface area (Å²) in [4.78, 5) is 0. The lowest BCUT2D eigenvalue weighted by atomic mass is 10.1. The van der Waals surface area contributed by atoms with Crippen molar-refractivity contribution in [2.45, 2.75) is 84.2 Å². The van der Waals surface area contributed by atoms with Crippen molar-refractivity contribution in [2.75, 3.05) is 0 Å². The van der Waals surface area contributed by atoms with Crippen molar-refractivity contribution in [1.29, 1.82) is 0 Å². The van der Waals surface area contributed by atoms with Gasteiger partial charge in [-0.1, -0.05) is 32.6 Å². The van der Waals surface area contributed by atoms with E-state index in [-0.39, 0.29) is 18.0 Å². The van der Waals surface area contributed by atoms with Crippen LogP contribution in [0.15, 0.2) is 0 Å². The number of hydrogen-bond acceptors (Lipinski definition) is 2. The molecule has 0 aliphatic carbocycles. The molecule has 0 N–H and O–H groups in total. The van der Waals surface area contributed by atoms with Crippen LogP contribution >= 0.6 is 0 Å². The maximum atomic E-state index is 5.85. The van der Waals surface area contributed by atoms with Gasteiger partial charge in [0.1, 0.15) is 0 Å². The Bertz CT molecular complexity index is 169. The van der Waals surface area contributed by atoms with Gasteiger partial charge in [-0.15, -0.1) is 0 Å². The first-order valence-corrected chi connectivity index (χ1v) is 6.43. The van der Waals surface area contributed by atoms with Crippen molar-refractivity contribution < 1.29 is 9.47 Å². The first-order chi connectivity index (χ1) is 7.07. The second-order valence-corrected chi connectivity index (χ2v) is 4.94. The van der Waals surface area contributed by atoms with Gasteiger partial charge in [0.25, 0.3) is 0 Å². The summed E-state index contributed by atoms with van der Waals surface area (Å²) < 4.78 is 11.7. The molecular weight excluding hydrogens is 188 g/mol. The Morgan fingerprint density at radius 1 is 0.933 bits per heavy atom. The maximum Gasteiger partial charge on any atom is 0.166 e. The topological polar surface area (TPSA) is 18.5 Å². The molecule has 0 radical (unpaired) electrons. The van der Waals surface area contributed by atoms with Crippen molar-refractivity contribution in [2.24, 2.45) is 0 Å². The number of unbranched alkanes of at least 4 members (excludes halogenated alkanes) is 4. The number of rotatable bonds is 6. The zero-order valence-corrected chi connectivity index (χ0v) is 10.7. The molecule has 0 aromatic carbocycles. The van der Waals surface area contributed by atoms with Crippen LogP contribution in [0.25, 0.3) is 0 Å². The molecule has 1 rings (SSSR count). The van der Waals surface area contributed by atoms with Crippen LogP contribution in [0.3, 0.4) is 0 Å². The molecule has 15 heavy (non-hydrogen) atoms. The number of ether oxygens (including phenoxy) is 2. The highest BCUT2D eigenvalue weighted by Gasteiger charge is 2.39. The number of hydrogen-bond donors (Lipinski definition) is 0.